The molecule has 0 aromatic rings. The summed E-state index contributed by atoms with van der Waals surface area (Å²) in [7, 11) is 0. The van der Waals surface area contributed by atoms with Crippen molar-refractivity contribution in [2.24, 2.45) is 11.7 Å². The molecule has 1 saturated heterocycles. The smallest absolute Gasteiger partial charge is 0.231 e. The molecule has 0 radical (unpaired) electrons. The predicted molar refractivity (Wildman–Crippen MR) is 56.9 cm³/mol. The summed E-state index contributed by atoms with van der Waals surface area (Å²) in [4.78, 5) is 13.1. The van der Waals surface area contributed by atoms with Gasteiger partial charge in [0.05, 0.1) is 6.54 Å². The van der Waals surface area contributed by atoms with Gasteiger partial charge in [0, 0.05) is 6.04 Å². The zero-order valence-electron chi connectivity index (χ0n) is 9.12. The van der Waals surface area contributed by atoms with Crippen molar-refractivity contribution in [2.75, 3.05) is 26.2 Å². The molecule has 0 aromatic heterocycles. The first-order chi connectivity index (χ1) is 6.65. The lowest BCUT2D eigenvalue weighted by Crippen LogP contribution is -2.50. The number of piperidine rings is 1. The third-order valence-electron chi connectivity index (χ3n) is 2.97. The molecule has 0 saturated carbocycles. The van der Waals surface area contributed by atoms with E-state index in [4.69, 9.17) is 5.73 Å². The lowest BCUT2D eigenvalue weighted by atomic mass is 9.93. The second-order valence-electron chi connectivity index (χ2n) is 4.07. The molecule has 1 aliphatic rings. The van der Waals surface area contributed by atoms with E-state index < -0.39 is 0 Å². The fourth-order valence-corrected chi connectivity index (χ4v) is 2.21. The fourth-order valence-electron chi connectivity index (χ4n) is 2.21. The summed E-state index contributed by atoms with van der Waals surface area (Å²) < 4.78 is 0. The standard InChI is InChI=1S/C10H21N3O/c1-3-13(7-10(11)14)9-4-5-12-6-8(9)2/h8-9,12H,3-7H2,1-2H3,(H2,11,14). The van der Waals surface area contributed by atoms with Gasteiger partial charge < -0.3 is 11.1 Å². The number of likely N-dealkylation sites (N-methyl/N-ethyl adjacent to an activating group) is 1. The van der Waals surface area contributed by atoms with Crippen LogP contribution in [-0.4, -0.2) is 43.0 Å². The number of amides is 1. The lowest BCUT2D eigenvalue weighted by Gasteiger charge is -2.37. The molecule has 2 unspecified atom stereocenters. The van der Waals surface area contributed by atoms with Gasteiger partial charge in [-0.15, -0.1) is 0 Å². The summed E-state index contributed by atoms with van der Waals surface area (Å²) in [6.07, 6.45) is 1.11. The van der Waals surface area contributed by atoms with Gasteiger partial charge in [-0.05, 0) is 32.0 Å². The molecule has 4 nitrogen and oxygen atoms in total. The third-order valence-corrected chi connectivity index (χ3v) is 2.97. The first-order valence-corrected chi connectivity index (χ1v) is 5.38. The van der Waals surface area contributed by atoms with Crippen LogP contribution in [0.1, 0.15) is 20.3 Å². The minimum atomic E-state index is -0.224. The van der Waals surface area contributed by atoms with Gasteiger partial charge in [-0.1, -0.05) is 13.8 Å². The summed E-state index contributed by atoms with van der Waals surface area (Å²) in [5.74, 6) is 0.376. The van der Waals surface area contributed by atoms with Crippen molar-refractivity contribution >= 4 is 5.91 Å². The SMILES string of the molecule is CCN(CC(N)=O)C1CCNCC1C. The van der Waals surface area contributed by atoms with E-state index in [1.807, 2.05) is 0 Å². The number of nitrogens with one attached hydrogen (secondary N) is 1. The number of nitrogens with two attached hydrogens (primary N) is 1. The highest BCUT2D eigenvalue weighted by atomic mass is 16.1. The summed E-state index contributed by atoms with van der Waals surface area (Å²) in [5, 5.41) is 3.35. The molecule has 0 spiro atoms. The highest BCUT2D eigenvalue weighted by Crippen LogP contribution is 2.16. The number of rotatable bonds is 4. The van der Waals surface area contributed by atoms with Crippen LogP contribution in [0.4, 0.5) is 0 Å². The Hall–Kier alpha value is -0.610. The average molecular weight is 199 g/mol. The molecule has 1 heterocycles. The monoisotopic (exact) mass is 199 g/mol. The summed E-state index contributed by atoms with van der Waals surface area (Å²) >= 11 is 0. The molecule has 2 atom stereocenters. The minimum absolute atomic E-state index is 0.224. The second-order valence-corrected chi connectivity index (χ2v) is 4.07. The Labute approximate surface area is 85.8 Å². The molecule has 1 fully saturated rings. The molecule has 1 aliphatic heterocycles. The largest absolute Gasteiger partial charge is 0.369 e. The Morgan fingerprint density at radius 3 is 2.86 bits per heavy atom. The van der Waals surface area contributed by atoms with Crippen LogP contribution in [0.5, 0.6) is 0 Å². The highest BCUT2D eigenvalue weighted by molar-refractivity contribution is 5.75. The van der Waals surface area contributed by atoms with Gasteiger partial charge in [0.2, 0.25) is 5.91 Å². The van der Waals surface area contributed by atoms with E-state index in [1.54, 1.807) is 0 Å². The van der Waals surface area contributed by atoms with E-state index in [1.165, 1.54) is 0 Å². The molecule has 0 bridgehead atoms. The quantitative estimate of drug-likeness (QED) is 0.659. The zero-order chi connectivity index (χ0) is 10.6. The van der Waals surface area contributed by atoms with Crippen molar-refractivity contribution in [1.82, 2.24) is 10.2 Å². The molecule has 0 aliphatic carbocycles. The topological polar surface area (TPSA) is 58.4 Å². The number of carbonyl (C=O) groups excluding carboxylic acids is 1. The molecular formula is C10H21N3O. The van der Waals surface area contributed by atoms with Crippen molar-refractivity contribution in [1.29, 1.82) is 0 Å². The Bertz CT molecular complexity index is 196. The Kier molecular flexibility index (Phi) is 4.35. The van der Waals surface area contributed by atoms with E-state index in [9.17, 15) is 4.79 Å². The lowest BCUT2D eigenvalue weighted by molar-refractivity contribution is -0.120. The summed E-state index contributed by atoms with van der Waals surface area (Å²) in [6.45, 7) is 7.69. The Morgan fingerprint density at radius 2 is 2.36 bits per heavy atom. The van der Waals surface area contributed by atoms with Crippen LogP contribution in [-0.2, 0) is 4.79 Å². The molecule has 0 aromatic carbocycles. The molecule has 82 valence electrons. The first kappa shape index (κ1) is 11.5. The van der Waals surface area contributed by atoms with Crippen molar-refractivity contribution < 1.29 is 4.79 Å². The van der Waals surface area contributed by atoms with Crippen LogP contribution in [0.15, 0.2) is 0 Å². The van der Waals surface area contributed by atoms with Gasteiger partial charge in [0.1, 0.15) is 0 Å². The number of hydrogen-bond acceptors (Lipinski definition) is 3. The summed E-state index contributed by atoms with van der Waals surface area (Å²) in [5.41, 5.74) is 5.22. The maximum atomic E-state index is 10.9. The van der Waals surface area contributed by atoms with Gasteiger partial charge in [-0.25, -0.2) is 0 Å². The van der Waals surface area contributed by atoms with Crippen LogP contribution in [0.25, 0.3) is 0 Å². The van der Waals surface area contributed by atoms with Crippen LogP contribution in [0.2, 0.25) is 0 Å². The Morgan fingerprint density at radius 1 is 1.64 bits per heavy atom. The normalized spacial score (nSPS) is 27.9. The van der Waals surface area contributed by atoms with E-state index >= 15 is 0 Å². The zero-order valence-corrected chi connectivity index (χ0v) is 9.12. The van der Waals surface area contributed by atoms with E-state index in [0.717, 1.165) is 26.1 Å². The number of carbonyl (C=O) groups is 1. The summed E-state index contributed by atoms with van der Waals surface area (Å²) in [6, 6.07) is 0.508. The highest BCUT2D eigenvalue weighted by Gasteiger charge is 2.26. The maximum Gasteiger partial charge on any atom is 0.231 e. The third kappa shape index (κ3) is 2.96. The molecule has 4 heteroatoms. The number of nitrogens with zero attached hydrogens (tertiary/aromatic N) is 1. The van der Waals surface area contributed by atoms with Crippen molar-refractivity contribution in [3.05, 3.63) is 0 Å². The van der Waals surface area contributed by atoms with Crippen molar-refractivity contribution in [3.8, 4) is 0 Å². The molecule has 3 N–H and O–H groups in total. The molecule has 1 rings (SSSR count). The van der Waals surface area contributed by atoms with Crippen LogP contribution >= 0.6 is 0 Å². The minimum Gasteiger partial charge on any atom is -0.369 e. The number of hydrogen-bond donors (Lipinski definition) is 2. The van der Waals surface area contributed by atoms with Gasteiger partial charge in [-0.2, -0.15) is 0 Å². The van der Waals surface area contributed by atoms with Gasteiger partial charge >= 0.3 is 0 Å². The molecule has 1 amide bonds. The van der Waals surface area contributed by atoms with Crippen molar-refractivity contribution in [2.45, 2.75) is 26.3 Å². The number of primary amides is 1. The predicted octanol–water partition coefficient (Wildman–Crippen LogP) is -0.208. The molecular weight excluding hydrogens is 178 g/mol. The van der Waals surface area contributed by atoms with Gasteiger partial charge in [0.25, 0.3) is 0 Å². The van der Waals surface area contributed by atoms with E-state index in [-0.39, 0.29) is 5.91 Å². The van der Waals surface area contributed by atoms with E-state index in [2.05, 4.69) is 24.1 Å². The van der Waals surface area contributed by atoms with Crippen LogP contribution in [0.3, 0.4) is 0 Å². The molecule has 14 heavy (non-hydrogen) atoms. The van der Waals surface area contributed by atoms with Gasteiger partial charge in [-0.3, -0.25) is 9.69 Å². The van der Waals surface area contributed by atoms with Gasteiger partial charge in [0.15, 0.2) is 0 Å². The first-order valence-electron chi connectivity index (χ1n) is 5.38. The second kappa shape index (κ2) is 5.32. The Balaban J connectivity index is 2.52. The average Bonchev–Trinajstić information content (AvgIpc) is 2.15. The van der Waals surface area contributed by atoms with Crippen LogP contribution < -0.4 is 11.1 Å². The van der Waals surface area contributed by atoms with E-state index in [0.29, 0.717) is 18.5 Å². The maximum absolute atomic E-state index is 10.9. The fraction of sp³-hybridized carbons (Fsp3) is 0.900. The van der Waals surface area contributed by atoms with Crippen LogP contribution in [0, 0.1) is 5.92 Å². The van der Waals surface area contributed by atoms with Crippen molar-refractivity contribution in [3.63, 3.8) is 0 Å².